The first-order valence-corrected chi connectivity index (χ1v) is 16.4. The van der Waals surface area contributed by atoms with E-state index in [-0.39, 0.29) is 25.4 Å². The van der Waals surface area contributed by atoms with Crippen LogP contribution in [0.3, 0.4) is 0 Å². The lowest BCUT2D eigenvalue weighted by Crippen LogP contribution is -2.34. The number of esters is 1. The monoisotopic (exact) mass is 569 g/mol. The number of rotatable bonds is 29. The van der Waals surface area contributed by atoms with Crippen LogP contribution >= 0.6 is 0 Å². The molecular weight excluding hydrogens is 506 g/mol. The first kappa shape index (κ1) is 38.3. The molecule has 0 aromatic carbocycles. The topological polar surface area (TPSA) is 111 Å². The molecule has 0 saturated heterocycles. The van der Waals surface area contributed by atoms with Gasteiger partial charge in [0.2, 0.25) is 5.91 Å². The minimum absolute atomic E-state index is 0.0456. The van der Waals surface area contributed by atoms with Gasteiger partial charge in [-0.05, 0) is 19.3 Å². The predicted molar refractivity (Wildman–Crippen MR) is 164 cm³/mol. The van der Waals surface area contributed by atoms with Gasteiger partial charge in [-0.1, -0.05) is 122 Å². The molecule has 1 amide bonds. The summed E-state index contributed by atoms with van der Waals surface area (Å²) >= 11 is 0. The van der Waals surface area contributed by atoms with Gasteiger partial charge in [0.15, 0.2) is 0 Å². The van der Waals surface area contributed by atoms with Crippen LogP contribution in [-0.2, 0) is 24.0 Å². The first-order chi connectivity index (χ1) is 19.4. The Morgan fingerprint density at radius 1 is 0.675 bits per heavy atom. The van der Waals surface area contributed by atoms with Crippen LogP contribution in [0.25, 0.3) is 0 Å². The zero-order valence-corrected chi connectivity index (χ0v) is 26.3. The SMILES string of the molecule is CCCCCCCCCCCCCCCCCCCCCC(=O)NCCCOC(=O)[C@@H](N)CCC(=O)ON(C)C. The largest absolute Gasteiger partial charge is 0.464 e. The molecule has 0 spiro atoms. The molecule has 0 rings (SSSR count). The summed E-state index contributed by atoms with van der Waals surface area (Å²) < 4.78 is 5.12. The van der Waals surface area contributed by atoms with Crippen molar-refractivity contribution in [3.05, 3.63) is 0 Å². The summed E-state index contributed by atoms with van der Waals surface area (Å²) in [6.07, 6.45) is 26.8. The molecule has 0 heterocycles. The molecular formula is C32H63N3O5. The zero-order chi connectivity index (χ0) is 29.7. The van der Waals surface area contributed by atoms with Crippen LogP contribution in [0.5, 0.6) is 0 Å². The van der Waals surface area contributed by atoms with Crippen molar-refractivity contribution in [2.24, 2.45) is 5.73 Å². The third-order valence-corrected chi connectivity index (χ3v) is 7.14. The van der Waals surface area contributed by atoms with E-state index in [0.717, 1.165) is 12.8 Å². The van der Waals surface area contributed by atoms with E-state index in [1.54, 1.807) is 14.1 Å². The van der Waals surface area contributed by atoms with E-state index in [4.69, 9.17) is 15.3 Å². The second-order valence-electron chi connectivity index (χ2n) is 11.4. The van der Waals surface area contributed by atoms with Crippen LogP contribution < -0.4 is 11.1 Å². The fourth-order valence-corrected chi connectivity index (χ4v) is 4.67. The maximum Gasteiger partial charge on any atom is 0.325 e. The Morgan fingerprint density at radius 2 is 1.12 bits per heavy atom. The highest BCUT2D eigenvalue weighted by atomic mass is 16.7. The second-order valence-corrected chi connectivity index (χ2v) is 11.4. The van der Waals surface area contributed by atoms with Gasteiger partial charge in [0.05, 0.1) is 6.61 Å². The van der Waals surface area contributed by atoms with Crippen molar-refractivity contribution >= 4 is 17.8 Å². The number of nitrogens with one attached hydrogen (secondary N) is 1. The van der Waals surface area contributed by atoms with E-state index in [1.807, 2.05) is 0 Å². The number of unbranched alkanes of at least 4 members (excludes halogenated alkanes) is 18. The Labute approximate surface area is 245 Å². The van der Waals surface area contributed by atoms with Gasteiger partial charge in [-0.3, -0.25) is 14.4 Å². The molecule has 0 aliphatic heterocycles. The first-order valence-electron chi connectivity index (χ1n) is 16.4. The highest BCUT2D eigenvalue weighted by Gasteiger charge is 2.17. The summed E-state index contributed by atoms with van der Waals surface area (Å²) in [4.78, 5) is 40.2. The standard InChI is InChI=1S/C32H63N3O5/c1-4-5-6-7-8-9-10-11-12-13-14-15-16-17-18-19-20-21-22-24-30(36)34-27-23-28-39-32(38)29(33)25-26-31(37)40-35(2)3/h29H,4-28,33H2,1-3H3,(H,34,36)/t29-/m0/s1. The Kier molecular flexibility index (Phi) is 27.6. The lowest BCUT2D eigenvalue weighted by atomic mass is 10.0. The Hall–Kier alpha value is -1.67. The van der Waals surface area contributed by atoms with Crippen molar-refractivity contribution in [1.82, 2.24) is 10.4 Å². The van der Waals surface area contributed by atoms with Gasteiger partial charge in [-0.25, -0.2) is 0 Å². The lowest BCUT2D eigenvalue weighted by Gasteiger charge is -2.13. The average Bonchev–Trinajstić information content (AvgIpc) is 2.92. The number of hydrogen-bond donors (Lipinski definition) is 2. The highest BCUT2D eigenvalue weighted by molar-refractivity contribution is 5.77. The van der Waals surface area contributed by atoms with Gasteiger partial charge in [-0.15, -0.1) is 5.06 Å². The molecule has 40 heavy (non-hydrogen) atoms. The maximum absolute atomic E-state index is 12.0. The van der Waals surface area contributed by atoms with Crippen molar-refractivity contribution in [2.75, 3.05) is 27.2 Å². The molecule has 0 radical (unpaired) electrons. The molecule has 0 aliphatic carbocycles. The summed E-state index contributed by atoms with van der Waals surface area (Å²) in [5.74, 6) is -0.937. The summed E-state index contributed by atoms with van der Waals surface area (Å²) in [5, 5.41) is 4.17. The van der Waals surface area contributed by atoms with Crippen molar-refractivity contribution in [3.63, 3.8) is 0 Å². The van der Waals surface area contributed by atoms with Gasteiger partial charge < -0.3 is 20.6 Å². The van der Waals surface area contributed by atoms with Crippen LogP contribution in [0.2, 0.25) is 0 Å². The predicted octanol–water partition coefficient (Wildman–Crippen LogP) is 6.99. The minimum atomic E-state index is -0.862. The van der Waals surface area contributed by atoms with Gasteiger partial charge in [-0.2, -0.15) is 0 Å². The van der Waals surface area contributed by atoms with Gasteiger partial charge in [0, 0.05) is 33.5 Å². The minimum Gasteiger partial charge on any atom is -0.464 e. The maximum atomic E-state index is 12.0. The number of ether oxygens (including phenoxy) is 1. The number of carbonyl (C=O) groups is 3. The second kappa shape index (κ2) is 28.8. The number of carbonyl (C=O) groups excluding carboxylic acids is 3. The van der Waals surface area contributed by atoms with Crippen LogP contribution in [0.15, 0.2) is 0 Å². The van der Waals surface area contributed by atoms with E-state index < -0.39 is 18.0 Å². The van der Waals surface area contributed by atoms with Crippen molar-refractivity contribution in [3.8, 4) is 0 Å². The smallest absolute Gasteiger partial charge is 0.325 e. The van der Waals surface area contributed by atoms with Crippen LogP contribution in [0.1, 0.15) is 155 Å². The fraction of sp³-hybridized carbons (Fsp3) is 0.906. The molecule has 0 aliphatic rings. The van der Waals surface area contributed by atoms with E-state index >= 15 is 0 Å². The van der Waals surface area contributed by atoms with Gasteiger partial charge in [0.25, 0.3) is 0 Å². The number of hydrogen-bond acceptors (Lipinski definition) is 7. The van der Waals surface area contributed by atoms with E-state index in [9.17, 15) is 14.4 Å². The molecule has 8 nitrogen and oxygen atoms in total. The number of hydroxylamine groups is 2. The molecule has 8 heteroatoms. The lowest BCUT2D eigenvalue weighted by molar-refractivity contribution is -0.178. The van der Waals surface area contributed by atoms with Crippen LogP contribution in [0, 0.1) is 0 Å². The summed E-state index contributed by atoms with van der Waals surface area (Å²) in [6.45, 7) is 2.93. The average molecular weight is 570 g/mol. The zero-order valence-electron chi connectivity index (χ0n) is 26.3. The Bertz CT molecular complexity index is 615. The van der Waals surface area contributed by atoms with Crippen molar-refractivity contribution in [2.45, 2.75) is 161 Å². The third kappa shape index (κ3) is 27.9. The number of nitrogens with two attached hydrogens (primary N) is 1. The molecule has 0 unspecified atom stereocenters. The summed E-state index contributed by atoms with van der Waals surface area (Å²) in [7, 11) is 3.21. The molecule has 0 bridgehead atoms. The van der Waals surface area contributed by atoms with E-state index in [1.165, 1.54) is 114 Å². The molecule has 0 fully saturated rings. The highest BCUT2D eigenvalue weighted by Crippen LogP contribution is 2.14. The Morgan fingerprint density at radius 3 is 1.57 bits per heavy atom. The van der Waals surface area contributed by atoms with Gasteiger partial charge in [0.1, 0.15) is 6.04 Å². The number of nitrogens with zero attached hydrogens (tertiary/aromatic N) is 1. The normalized spacial score (nSPS) is 11.9. The molecule has 236 valence electrons. The molecule has 0 aromatic heterocycles. The molecule has 1 atom stereocenters. The van der Waals surface area contributed by atoms with E-state index in [0.29, 0.717) is 19.4 Å². The number of amides is 1. The quantitative estimate of drug-likeness (QED) is 0.0567. The molecule has 0 saturated carbocycles. The summed E-state index contributed by atoms with van der Waals surface area (Å²) in [5.41, 5.74) is 5.75. The summed E-state index contributed by atoms with van der Waals surface area (Å²) in [6, 6.07) is -0.862. The van der Waals surface area contributed by atoms with Gasteiger partial charge >= 0.3 is 11.9 Å². The Balaban J connectivity index is 3.37. The van der Waals surface area contributed by atoms with Crippen molar-refractivity contribution in [1.29, 1.82) is 0 Å². The third-order valence-electron chi connectivity index (χ3n) is 7.14. The fourth-order valence-electron chi connectivity index (χ4n) is 4.67. The molecule has 3 N–H and O–H groups in total. The van der Waals surface area contributed by atoms with Crippen LogP contribution in [-0.4, -0.2) is 56.2 Å². The molecule has 0 aromatic rings. The van der Waals surface area contributed by atoms with Crippen molar-refractivity contribution < 1.29 is 24.0 Å². The van der Waals surface area contributed by atoms with Crippen LogP contribution in [0.4, 0.5) is 0 Å². The van der Waals surface area contributed by atoms with E-state index in [2.05, 4.69) is 12.2 Å².